The van der Waals surface area contributed by atoms with Gasteiger partial charge in [0, 0.05) is 0 Å². The monoisotopic (exact) mass is 408 g/mol. The lowest BCUT2D eigenvalue weighted by Crippen LogP contribution is -2.14. The summed E-state index contributed by atoms with van der Waals surface area (Å²) in [4.78, 5) is 12.0. The molecule has 0 N–H and O–H groups in total. The Hall–Kier alpha value is -2.37. The van der Waals surface area contributed by atoms with Crippen LogP contribution in [0.1, 0.15) is 73.7 Å². The highest BCUT2D eigenvalue weighted by atomic mass is 19.2. The van der Waals surface area contributed by atoms with Crippen molar-refractivity contribution in [1.29, 1.82) is 0 Å². The molecule has 2 nitrogen and oxygen atoms in total. The van der Waals surface area contributed by atoms with E-state index in [4.69, 9.17) is 4.74 Å². The van der Waals surface area contributed by atoms with E-state index in [1.807, 2.05) is 12.1 Å². The number of carbonyl (C=O) groups is 1. The second-order valence-electron chi connectivity index (χ2n) is 7.67. The van der Waals surface area contributed by atoms with Crippen molar-refractivity contribution in [3.8, 4) is 5.75 Å². The number of rotatable bonds is 6. The average molecular weight is 408 g/mol. The maximum Gasteiger partial charge on any atom is 0.346 e. The van der Waals surface area contributed by atoms with Crippen molar-refractivity contribution in [3.63, 3.8) is 0 Å². The third-order valence-electron chi connectivity index (χ3n) is 5.70. The molecule has 0 radical (unpaired) electrons. The summed E-state index contributed by atoms with van der Waals surface area (Å²) in [5.74, 6) is -7.33. The topological polar surface area (TPSA) is 26.3 Å². The first-order valence-corrected chi connectivity index (χ1v) is 10.1. The fraction of sp³-hybridized carbons (Fsp3) is 0.435. The molecule has 2 aromatic carbocycles. The van der Waals surface area contributed by atoms with Crippen molar-refractivity contribution in [2.75, 3.05) is 0 Å². The molecule has 0 atom stereocenters. The normalized spacial score (nSPS) is 19.2. The van der Waals surface area contributed by atoms with Crippen LogP contribution >= 0.6 is 0 Å². The van der Waals surface area contributed by atoms with Crippen molar-refractivity contribution < 1.29 is 27.1 Å². The first-order chi connectivity index (χ1) is 13.9. The maximum atomic E-state index is 13.7. The molecule has 1 aliphatic rings. The number of unbranched alkanes of at least 4 members (excludes halogenated alkanes) is 1. The molecule has 0 heterocycles. The van der Waals surface area contributed by atoms with Gasteiger partial charge in [0.25, 0.3) is 0 Å². The Morgan fingerprint density at radius 3 is 2.24 bits per heavy atom. The molecule has 1 saturated carbocycles. The van der Waals surface area contributed by atoms with Crippen LogP contribution in [-0.2, 0) is 0 Å². The number of hydrogen-bond donors (Lipinski definition) is 0. The molecule has 1 fully saturated rings. The van der Waals surface area contributed by atoms with Gasteiger partial charge in [-0.2, -0.15) is 0 Å². The van der Waals surface area contributed by atoms with Gasteiger partial charge in [-0.25, -0.2) is 22.4 Å². The Labute approximate surface area is 167 Å². The summed E-state index contributed by atoms with van der Waals surface area (Å²) in [5, 5.41) is 0. The molecule has 0 amide bonds. The molecule has 0 spiro atoms. The average Bonchev–Trinajstić information content (AvgIpc) is 2.74. The molecule has 3 rings (SSSR count). The Morgan fingerprint density at radius 2 is 1.62 bits per heavy atom. The van der Waals surface area contributed by atoms with Crippen LogP contribution in [0.5, 0.6) is 5.75 Å². The number of carbonyl (C=O) groups excluding carboxylic acids is 1. The van der Waals surface area contributed by atoms with Crippen LogP contribution in [0.4, 0.5) is 17.6 Å². The lowest BCUT2D eigenvalue weighted by Gasteiger charge is -2.28. The van der Waals surface area contributed by atoms with E-state index < -0.39 is 34.8 Å². The molecule has 0 aliphatic heterocycles. The van der Waals surface area contributed by atoms with Gasteiger partial charge in [0.1, 0.15) is 11.3 Å². The van der Waals surface area contributed by atoms with Gasteiger partial charge in [-0.05, 0) is 61.3 Å². The summed E-state index contributed by atoms with van der Waals surface area (Å²) < 4.78 is 58.3. The number of esters is 1. The van der Waals surface area contributed by atoms with E-state index in [1.165, 1.54) is 32.1 Å². The summed E-state index contributed by atoms with van der Waals surface area (Å²) in [5.41, 5.74) is 0.152. The van der Waals surface area contributed by atoms with Crippen molar-refractivity contribution in [3.05, 3.63) is 64.7 Å². The molecule has 0 bridgehead atoms. The number of benzene rings is 2. The van der Waals surface area contributed by atoms with Gasteiger partial charge < -0.3 is 4.74 Å². The summed E-state index contributed by atoms with van der Waals surface area (Å²) in [6.07, 6.45) is 8.45. The number of hydrogen-bond acceptors (Lipinski definition) is 2. The quantitative estimate of drug-likeness (QED) is 0.170. The summed E-state index contributed by atoms with van der Waals surface area (Å²) >= 11 is 0. The minimum Gasteiger partial charge on any atom is -0.423 e. The Kier molecular flexibility index (Phi) is 6.93. The summed E-state index contributed by atoms with van der Waals surface area (Å²) in [6.45, 7) is 2.21. The summed E-state index contributed by atoms with van der Waals surface area (Å²) in [7, 11) is 0. The zero-order valence-corrected chi connectivity index (χ0v) is 16.3. The largest absolute Gasteiger partial charge is 0.423 e. The van der Waals surface area contributed by atoms with E-state index >= 15 is 0 Å². The fourth-order valence-electron chi connectivity index (χ4n) is 3.97. The van der Waals surface area contributed by atoms with Gasteiger partial charge in [-0.15, -0.1) is 0 Å². The highest BCUT2D eigenvalue weighted by Gasteiger charge is 2.25. The van der Waals surface area contributed by atoms with Crippen LogP contribution in [-0.4, -0.2) is 5.97 Å². The second-order valence-corrected chi connectivity index (χ2v) is 7.67. The molecule has 156 valence electrons. The van der Waals surface area contributed by atoms with Gasteiger partial charge in [0.15, 0.2) is 23.3 Å². The van der Waals surface area contributed by atoms with Gasteiger partial charge in [0.05, 0.1) is 0 Å². The maximum absolute atomic E-state index is 13.7. The molecule has 1 aliphatic carbocycles. The van der Waals surface area contributed by atoms with Crippen LogP contribution < -0.4 is 4.74 Å². The van der Waals surface area contributed by atoms with Crippen LogP contribution in [0.15, 0.2) is 30.3 Å². The molecule has 0 saturated heterocycles. The highest BCUT2D eigenvalue weighted by molar-refractivity contribution is 5.91. The smallest absolute Gasteiger partial charge is 0.346 e. The van der Waals surface area contributed by atoms with E-state index in [1.54, 1.807) is 12.1 Å². The van der Waals surface area contributed by atoms with E-state index in [9.17, 15) is 22.4 Å². The van der Waals surface area contributed by atoms with Gasteiger partial charge >= 0.3 is 5.97 Å². The summed E-state index contributed by atoms with van der Waals surface area (Å²) in [6, 6.07) is 7.14. The number of halogens is 4. The standard InChI is InChI=1S/C23H24F4O2/c1-2-3-4-14-5-7-15(8-6-14)16-9-11-17(12-10-16)29-23(28)18-13-19(24)21(26)22(27)20(18)25/h9-15H,2-8H2,1H3. The lowest BCUT2D eigenvalue weighted by atomic mass is 9.77. The predicted octanol–water partition coefficient (Wildman–Crippen LogP) is 6.93. The Balaban J connectivity index is 1.62. The zero-order chi connectivity index (χ0) is 21.0. The molecular weight excluding hydrogens is 384 g/mol. The third kappa shape index (κ3) is 4.98. The first kappa shape index (κ1) is 21.3. The van der Waals surface area contributed by atoms with E-state index in [-0.39, 0.29) is 5.75 Å². The van der Waals surface area contributed by atoms with Gasteiger partial charge in [-0.3, -0.25) is 0 Å². The lowest BCUT2D eigenvalue weighted by molar-refractivity contribution is 0.0727. The molecule has 0 unspecified atom stereocenters. The molecule has 0 aromatic heterocycles. The van der Waals surface area contributed by atoms with Crippen LogP contribution in [0.3, 0.4) is 0 Å². The van der Waals surface area contributed by atoms with Crippen LogP contribution in [0.2, 0.25) is 0 Å². The van der Waals surface area contributed by atoms with Crippen molar-refractivity contribution in [2.24, 2.45) is 5.92 Å². The van der Waals surface area contributed by atoms with Gasteiger partial charge in [0.2, 0.25) is 0 Å². The third-order valence-corrected chi connectivity index (χ3v) is 5.70. The molecule has 6 heteroatoms. The van der Waals surface area contributed by atoms with E-state index in [0.717, 1.165) is 24.3 Å². The fourth-order valence-corrected chi connectivity index (χ4v) is 3.97. The van der Waals surface area contributed by atoms with Crippen molar-refractivity contribution >= 4 is 5.97 Å². The molecular formula is C23H24F4O2. The molecule has 29 heavy (non-hydrogen) atoms. The van der Waals surface area contributed by atoms with Crippen LogP contribution in [0.25, 0.3) is 0 Å². The predicted molar refractivity (Wildman–Crippen MR) is 102 cm³/mol. The first-order valence-electron chi connectivity index (χ1n) is 10.1. The Bertz CT molecular complexity index is 856. The molecule has 2 aromatic rings. The zero-order valence-electron chi connectivity index (χ0n) is 16.3. The minimum atomic E-state index is -2.04. The van der Waals surface area contributed by atoms with Crippen molar-refractivity contribution in [2.45, 2.75) is 57.8 Å². The highest BCUT2D eigenvalue weighted by Crippen LogP contribution is 2.38. The van der Waals surface area contributed by atoms with Gasteiger partial charge in [-0.1, -0.05) is 38.3 Å². The minimum absolute atomic E-state index is 0.125. The SMILES string of the molecule is CCCCC1CCC(c2ccc(OC(=O)c3cc(F)c(F)c(F)c3F)cc2)CC1. The van der Waals surface area contributed by atoms with Crippen molar-refractivity contribution in [1.82, 2.24) is 0 Å². The number of ether oxygens (including phenoxy) is 1. The van der Waals surface area contributed by atoms with E-state index in [2.05, 4.69) is 6.92 Å². The van der Waals surface area contributed by atoms with Crippen LogP contribution in [0, 0.1) is 29.2 Å². The Morgan fingerprint density at radius 1 is 0.966 bits per heavy atom. The van der Waals surface area contributed by atoms with E-state index in [0.29, 0.717) is 12.0 Å². The second kappa shape index (κ2) is 9.42.